The number of nitrogens with zero attached hydrogens (tertiary/aromatic N) is 1. The topological polar surface area (TPSA) is 71.3 Å². The standard InChI is InChI=1S/C16H19IN2O3/c1-4-6-22-15-13(17)8-11(9-14(15)21-5-2)7-12(10-18)16(20)19-3/h7-9H,4-6H2,1-3H3,(H,19,20)/b12-7-. The minimum Gasteiger partial charge on any atom is -0.490 e. The van der Waals surface area contributed by atoms with Gasteiger partial charge in [0.15, 0.2) is 11.5 Å². The van der Waals surface area contributed by atoms with Gasteiger partial charge in [-0.1, -0.05) is 6.92 Å². The first-order valence-electron chi connectivity index (χ1n) is 7.00. The SMILES string of the molecule is CCCOc1c(I)cc(/C=C(/C#N)C(=O)NC)cc1OCC. The molecule has 0 heterocycles. The lowest BCUT2D eigenvalue weighted by atomic mass is 10.1. The minimum absolute atomic E-state index is 0.0444. The van der Waals surface area contributed by atoms with Crippen LogP contribution in [0.15, 0.2) is 17.7 Å². The summed E-state index contributed by atoms with van der Waals surface area (Å²) < 4.78 is 12.2. The molecule has 0 aromatic heterocycles. The van der Waals surface area contributed by atoms with Crippen LogP contribution in [0, 0.1) is 14.9 Å². The Morgan fingerprint density at radius 2 is 2.14 bits per heavy atom. The molecule has 0 unspecified atom stereocenters. The molecule has 22 heavy (non-hydrogen) atoms. The van der Waals surface area contributed by atoms with Crippen LogP contribution in [0.5, 0.6) is 11.5 Å². The minimum atomic E-state index is -0.415. The molecule has 1 aromatic carbocycles. The third-order valence-electron chi connectivity index (χ3n) is 2.69. The quantitative estimate of drug-likeness (QED) is 0.423. The highest BCUT2D eigenvalue weighted by molar-refractivity contribution is 14.1. The van der Waals surface area contributed by atoms with Crippen molar-refractivity contribution < 1.29 is 14.3 Å². The molecule has 1 rings (SSSR count). The summed E-state index contributed by atoms with van der Waals surface area (Å²) in [5, 5.41) is 11.5. The van der Waals surface area contributed by atoms with Crippen LogP contribution in [0.1, 0.15) is 25.8 Å². The van der Waals surface area contributed by atoms with E-state index in [0.29, 0.717) is 24.7 Å². The number of amides is 1. The van der Waals surface area contributed by atoms with E-state index in [-0.39, 0.29) is 5.57 Å². The summed E-state index contributed by atoms with van der Waals surface area (Å²) in [4.78, 5) is 11.6. The van der Waals surface area contributed by atoms with Crippen LogP contribution >= 0.6 is 22.6 Å². The fraction of sp³-hybridized carbons (Fsp3) is 0.375. The Morgan fingerprint density at radius 1 is 1.41 bits per heavy atom. The average molecular weight is 414 g/mol. The van der Waals surface area contributed by atoms with E-state index in [1.807, 2.05) is 26.0 Å². The first-order valence-corrected chi connectivity index (χ1v) is 8.08. The number of hydrogen-bond donors (Lipinski definition) is 1. The third kappa shape index (κ3) is 4.91. The van der Waals surface area contributed by atoms with Crippen molar-refractivity contribution in [2.75, 3.05) is 20.3 Å². The van der Waals surface area contributed by atoms with Crippen molar-refractivity contribution in [1.29, 1.82) is 5.26 Å². The van der Waals surface area contributed by atoms with Gasteiger partial charge in [0.25, 0.3) is 5.91 Å². The molecule has 0 aliphatic rings. The number of ether oxygens (including phenoxy) is 2. The fourth-order valence-electron chi connectivity index (χ4n) is 1.73. The molecule has 0 radical (unpaired) electrons. The van der Waals surface area contributed by atoms with Gasteiger partial charge < -0.3 is 14.8 Å². The maximum atomic E-state index is 11.6. The van der Waals surface area contributed by atoms with E-state index in [0.717, 1.165) is 15.6 Å². The van der Waals surface area contributed by atoms with E-state index in [2.05, 4.69) is 27.9 Å². The van der Waals surface area contributed by atoms with E-state index in [9.17, 15) is 4.79 Å². The first-order chi connectivity index (χ1) is 10.6. The summed E-state index contributed by atoms with van der Waals surface area (Å²) >= 11 is 2.16. The molecule has 5 nitrogen and oxygen atoms in total. The normalized spacial score (nSPS) is 10.8. The molecule has 0 saturated heterocycles. The Hall–Kier alpha value is -1.75. The van der Waals surface area contributed by atoms with Crippen molar-refractivity contribution in [2.45, 2.75) is 20.3 Å². The van der Waals surface area contributed by atoms with Crippen LogP contribution < -0.4 is 14.8 Å². The number of halogens is 1. The summed E-state index contributed by atoms with van der Waals surface area (Å²) in [7, 11) is 1.49. The van der Waals surface area contributed by atoms with Crippen LogP contribution in [0.3, 0.4) is 0 Å². The molecule has 1 aromatic rings. The largest absolute Gasteiger partial charge is 0.490 e. The second-order valence-electron chi connectivity index (χ2n) is 4.36. The average Bonchev–Trinajstić information content (AvgIpc) is 2.51. The zero-order valence-electron chi connectivity index (χ0n) is 12.9. The Balaban J connectivity index is 3.26. The summed E-state index contributed by atoms with van der Waals surface area (Å²) in [6, 6.07) is 5.53. The van der Waals surface area contributed by atoms with Crippen molar-refractivity contribution in [3.63, 3.8) is 0 Å². The van der Waals surface area contributed by atoms with Gasteiger partial charge in [-0.25, -0.2) is 0 Å². The van der Waals surface area contributed by atoms with Crippen LogP contribution in [0.4, 0.5) is 0 Å². The Kier molecular flexibility index (Phi) is 7.74. The van der Waals surface area contributed by atoms with E-state index in [4.69, 9.17) is 14.7 Å². The molecule has 1 N–H and O–H groups in total. The van der Waals surface area contributed by atoms with Crippen LogP contribution in [0.25, 0.3) is 6.08 Å². The molecule has 0 aliphatic heterocycles. The maximum Gasteiger partial charge on any atom is 0.261 e. The molecule has 0 atom stereocenters. The van der Waals surface area contributed by atoms with E-state index >= 15 is 0 Å². The Morgan fingerprint density at radius 3 is 2.68 bits per heavy atom. The number of nitriles is 1. The molecule has 0 bridgehead atoms. The second-order valence-corrected chi connectivity index (χ2v) is 5.52. The van der Waals surface area contributed by atoms with Crippen LogP contribution in [-0.4, -0.2) is 26.2 Å². The fourth-order valence-corrected chi connectivity index (χ4v) is 2.51. The van der Waals surface area contributed by atoms with Crippen molar-refractivity contribution in [3.8, 4) is 17.6 Å². The number of hydrogen-bond acceptors (Lipinski definition) is 4. The number of likely N-dealkylation sites (N-methyl/N-ethyl adjacent to an activating group) is 1. The van der Waals surface area contributed by atoms with Gasteiger partial charge >= 0.3 is 0 Å². The molecule has 0 saturated carbocycles. The number of nitrogens with one attached hydrogen (secondary N) is 1. The highest BCUT2D eigenvalue weighted by atomic mass is 127. The zero-order valence-corrected chi connectivity index (χ0v) is 15.1. The third-order valence-corrected chi connectivity index (χ3v) is 3.49. The van der Waals surface area contributed by atoms with Crippen LogP contribution in [-0.2, 0) is 4.79 Å². The highest BCUT2D eigenvalue weighted by Crippen LogP contribution is 2.35. The number of benzene rings is 1. The summed E-state index contributed by atoms with van der Waals surface area (Å²) in [6.45, 7) is 5.04. The van der Waals surface area contributed by atoms with Crippen molar-refractivity contribution >= 4 is 34.6 Å². The molecular weight excluding hydrogens is 395 g/mol. The van der Waals surface area contributed by atoms with Gasteiger partial charge in [0.2, 0.25) is 0 Å². The molecule has 0 aliphatic carbocycles. The summed E-state index contributed by atoms with van der Waals surface area (Å²) in [6.07, 6.45) is 2.44. The Bertz CT molecular complexity index is 606. The summed E-state index contributed by atoms with van der Waals surface area (Å²) in [5.41, 5.74) is 0.764. The lowest BCUT2D eigenvalue weighted by Gasteiger charge is -2.14. The van der Waals surface area contributed by atoms with Gasteiger partial charge in [0, 0.05) is 7.05 Å². The predicted octanol–water partition coefficient (Wildman–Crippen LogP) is 3.13. The molecule has 0 spiro atoms. The monoisotopic (exact) mass is 414 g/mol. The van der Waals surface area contributed by atoms with E-state index in [1.165, 1.54) is 13.1 Å². The number of carbonyl (C=O) groups excluding carboxylic acids is 1. The van der Waals surface area contributed by atoms with Crippen molar-refractivity contribution in [2.24, 2.45) is 0 Å². The highest BCUT2D eigenvalue weighted by Gasteiger charge is 2.13. The maximum absolute atomic E-state index is 11.6. The lowest BCUT2D eigenvalue weighted by Crippen LogP contribution is -2.19. The molecular formula is C16H19IN2O3. The Labute approximate surface area is 144 Å². The summed E-state index contributed by atoms with van der Waals surface area (Å²) in [5.74, 6) is 0.893. The first kappa shape index (κ1) is 18.3. The zero-order chi connectivity index (χ0) is 16.5. The van der Waals surface area contributed by atoms with Gasteiger partial charge in [-0.15, -0.1) is 0 Å². The lowest BCUT2D eigenvalue weighted by molar-refractivity contribution is -0.116. The van der Waals surface area contributed by atoms with Crippen LogP contribution in [0.2, 0.25) is 0 Å². The van der Waals surface area contributed by atoms with E-state index in [1.54, 1.807) is 6.07 Å². The predicted molar refractivity (Wildman–Crippen MR) is 93.8 cm³/mol. The van der Waals surface area contributed by atoms with Gasteiger partial charge in [0.05, 0.1) is 16.8 Å². The molecule has 6 heteroatoms. The van der Waals surface area contributed by atoms with Gasteiger partial charge in [-0.05, 0) is 59.7 Å². The van der Waals surface area contributed by atoms with E-state index < -0.39 is 5.91 Å². The van der Waals surface area contributed by atoms with Gasteiger partial charge in [-0.2, -0.15) is 5.26 Å². The number of carbonyl (C=O) groups is 1. The second kappa shape index (κ2) is 9.30. The van der Waals surface area contributed by atoms with Gasteiger partial charge in [0.1, 0.15) is 11.6 Å². The van der Waals surface area contributed by atoms with Crippen molar-refractivity contribution in [3.05, 3.63) is 26.8 Å². The molecule has 118 valence electrons. The molecule has 1 amide bonds. The smallest absolute Gasteiger partial charge is 0.261 e. The number of rotatable bonds is 7. The molecule has 0 fully saturated rings. The van der Waals surface area contributed by atoms with Gasteiger partial charge in [-0.3, -0.25) is 4.79 Å². The van der Waals surface area contributed by atoms with Crippen molar-refractivity contribution in [1.82, 2.24) is 5.32 Å².